The lowest BCUT2D eigenvalue weighted by molar-refractivity contribution is -0.145. The Kier molecular flexibility index (Phi) is 27.0. The molecule has 548 valence electrons. The van der Waals surface area contributed by atoms with Crippen molar-refractivity contribution in [2.24, 2.45) is 11.8 Å². The predicted octanol–water partition coefficient (Wildman–Crippen LogP) is -0.667. The lowest BCUT2D eigenvalue weighted by Crippen LogP contribution is -2.63. The molecule has 7 amide bonds. The van der Waals surface area contributed by atoms with Gasteiger partial charge in [-0.3, -0.25) is 38.1 Å². The van der Waals surface area contributed by atoms with E-state index in [1.165, 1.54) is 44.6 Å². The molecule has 2 aromatic heterocycles. The van der Waals surface area contributed by atoms with E-state index >= 15 is 0 Å². The van der Waals surface area contributed by atoms with Gasteiger partial charge in [0, 0.05) is 94.5 Å². The number of carbonyl (C=O) groups is 7. The van der Waals surface area contributed by atoms with Gasteiger partial charge in [0.15, 0.2) is 11.5 Å². The first kappa shape index (κ1) is 76.5. The molecule has 5 fully saturated rings. The number of anilines is 1. The number of aliphatic hydroxyl groups excluding tert-OH is 6. The van der Waals surface area contributed by atoms with E-state index in [4.69, 9.17) is 14.7 Å². The largest absolute Gasteiger partial charge is 0.504 e. The second-order valence-corrected chi connectivity index (χ2v) is 28.9. The maximum Gasteiger partial charge on any atom is 0.446 e. The molecule has 0 spiro atoms. The van der Waals surface area contributed by atoms with Crippen LogP contribution in [0, 0.1) is 11.8 Å². The molecule has 2 aromatic carbocycles. The monoisotopic (exact) mass is 1440 g/mol. The second kappa shape index (κ2) is 35.3. The van der Waals surface area contributed by atoms with Gasteiger partial charge in [-0.05, 0) is 100 Å². The van der Waals surface area contributed by atoms with Crippen molar-refractivity contribution < 1.29 is 91.2 Å². The Labute approximate surface area is 583 Å². The molecule has 4 aromatic rings. The van der Waals surface area contributed by atoms with Gasteiger partial charge in [-0.2, -0.15) is 8.42 Å². The summed E-state index contributed by atoms with van der Waals surface area (Å²) in [5.74, 6) is -7.39. The summed E-state index contributed by atoms with van der Waals surface area (Å²) in [6.45, 7) is 3.76. The van der Waals surface area contributed by atoms with Gasteiger partial charge < -0.3 is 91.3 Å². The normalized spacial score (nSPS) is 23.2. The summed E-state index contributed by atoms with van der Waals surface area (Å²) in [7, 11) is -3.95. The number of carbonyl (C=O) groups excluding carboxylic acids is 7. The van der Waals surface area contributed by atoms with E-state index in [1.54, 1.807) is 6.92 Å². The van der Waals surface area contributed by atoms with Gasteiger partial charge in [-0.15, -0.1) is 10.2 Å². The molecule has 0 radical (unpaired) electrons. The average Bonchev–Trinajstić information content (AvgIpc) is 1.55. The minimum Gasteiger partial charge on any atom is -0.504 e. The van der Waals surface area contributed by atoms with Crippen molar-refractivity contribution in [3.63, 3.8) is 0 Å². The standard InChI is InChI=1S/C66H93N13O19S2/c1-36-32-78(34-53(36)87)64(92)58(52(86)27-55(88)67-3)74-61(91)57(51(85)23-39-11-18-50(84)54(24-39)98-100(94,95)96)73-60(90)49-26-45(83)33-79(49)65(93)56(37(2)81)72-59(89)48(25-44(82)31-68-35-80)69-28-38-9-12-41(13-10-38)62-75-76-63(99-62)42-16-14-40(15-17-42)43-29-70-66(71-30-43)77-21-19-47(20-22-77)97-46-7-5-4-6-8-46/h11,14-18,24,29-30,35-38,41,44-49,51-53,56-58,69,81-87H,4-10,12-13,19-23,25-28,31-34H2,1-3H3,(H,67,88)(H,68,80)(H,72,89)(H,73,90)(H,74,91)(H,94,95,96)/t36-,37+,38?,41?,44+,45+,48-,49-,51+,52+,53+,56-,57-,58-/m0/s1. The van der Waals surface area contributed by atoms with Gasteiger partial charge in [-0.1, -0.05) is 67.9 Å². The Hall–Kier alpha value is -7.64. The van der Waals surface area contributed by atoms with Gasteiger partial charge in [-0.25, -0.2) is 9.97 Å². The summed E-state index contributed by atoms with van der Waals surface area (Å²) in [5, 5.41) is 103. The van der Waals surface area contributed by atoms with E-state index in [0.717, 1.165) is 119 Å². The van der Waals surface area contributed by atoms with Crippen LogP contribution in [0.25, 0.3) is 21.7 Å². The number of likely N-dealkylation sites (tertiary alicyclic amines) is 2. The maximum atomic E-state index is 14.7. The van der Waals surface area contributed by atoms with E-state index in [-0.39, 0.29) is 56.1 Å². The number of benzene rings is 2. The number of hydrogen-bond acceptors (Lipinski definition) is 25. The number of phenols is 1. The number of nitrogens with zero attached hydrogens (tertiary/aromatic N) is 7. The van der Waals surface area contributed by atoms with Gasteiger partial charge in [0.25, 0.3) is 0 Å². The number of aromatic hydroxyl groups is 1. The Morgan fingerprint density at radius 2 is 1.44 bits per heavy atom. The third kappa shape index (κ3) is 20.8. The molecular weight excluding hydrogens is 1340 g/mol. The zero-order valence-corrected chi connectivity index (χ0v) is 57.7. The van der Waals surface area contributed by atoms with Crippen LogP contribution in [0.1, 0.15) is 120 Å². The Balaban J connectivity index is 0.826. The van der Waals surface area contributed by atoms with Crippen LogP contribution in [-0.2, 0) is 55.1 Å². The first-order chi connectivity index (χ1) is 47.7. The number of aliphatic hydroxyl groups is 6. The molecule has 9 rings (SSSR count). The zero-order chi connectivity index (χ0) is 71.9. The molecule has 2 aliphatic carbocycles. The van der Waals surface area contributed by atoms with Crippen molar-refractivity contribution in [1.82, 2.24) is 61.9 Å². The zero-order valence-electron chi connectivity index (χ0n) is 56.1. The van der Waals surface area contributed by atoms with Crippen LogP contribution in [0.5, 0.6) is 11.5 Å². The van der Waals surface area contributed by atoms with E-state index in [0.29, 0.717) is 18.5 Å². The number of rotatable bonds is 31. The summed E-state index contributed by atoms with van der Waals surface area (Å²) in [4.78, 5) is 110. The van der Waals surface area contributed by atoms with E-state index in [2.05, 4.69) is 51.2 Å². The first-order valence-electron chi connectivity index (χ1n) is 34.1. The van der Waals surface area contributed by atoms with E-state index in [9.17, 15) is 82.3 Å². The second-order valence-electron chi connectivity index (χ2n) is 26.9. The SMILES string of the molecule is CNC(=O)C[C@@H](O)[C@H](NC(=O)[C@@H](NC(=O)[C@@H]1C[C@@H](O)CN1C(=O)[C@@H](NC(=O)[C@H](C[C@@H](O)CNC=O)NCC1CCC(c2nnc(-c3ccc(-c4cnc(N5CCC(OC6CCCCC6)CC5)nc4)cc3)s2)CC1)[C@@H](C)O)[C@H](O)Cc1ccc(O)c(OS(=O)(=O)O)c1)C(=O)N1C[C@@H](O)[C@@H](C)C1. The third-order valence-corrected chi connectivity index (χ3v) is 20.9. The molecule has 0 bridgehead atoms. The number of amides is 7. The third-order valence-electron chi connectivity index (χ3n) is 19.4. The van der Waals surface area contributed by atoms with Crippen LogP contribution in [-0.4, -0.2) is 252 Å². The predicted molar refractivity (Wildman–Crippen MR) is 361 cm³/mol. The molecule has 0 unspecified atom stereocenters. The van der Waals surface area contributed by atoms with Gasteiger partial charge in [0.05, 0.1) is 61.3 Å². The summed E-state index contributed by atoms with van der Waals surface area (Å²) in [6, 6.07) is 2.13. The summed E-state index contributed by atoms with van der Waals surface area (Å²) < 4.78 is 43.4. The highest BCUT2D eigenvalue weighted by molar-refractivity contribution is 7.81. The molecule has 12 atom stereocenters. The molecule has 34 heteroatoms. The molecule has 5 heterocycles. The van der Waals surface area contributed by atoms with Crippen molar-refractivity contribution in [3.8, 4) is 33.2 Å². The van der Waals surface area contributed by atoms with Crippen LogP contribution in [0.3, 0.4) is 0 Å². The number of hydrogen-bond donors (Lipinski definition) is 14. The highest BCUT2D eigenvalue weighted by Crippen LogP contribution is 2.39. The van der Waals surface area contributed by atoms with Crippen molar-refractivity contribution in [2.75, 3.05) is 57.8 Å². The highest BCUT2D eigenvalue weighted by atomic mass is 32.3. The molecule has 100 heavy (non-hydrogen) atoms. The maximum absolute atomic E-state index is 14.7. The number of β-amino-alcohol motifs (C(OH)–C–C–N with tert-alkyl or cyclic N) is 2. The van der Waals surface area contributed by atoms with Gasteiger partial charge in [0.1, 0.15) is 34.2 Å². The number of aromatic nitrogens is 4. The van der Waals surface area contributed by atoms with Crippen LogP contribution < -0.4 is 41.0 Å². The van der Waals surface area contributed by atoms with E-state index in [1.807, 2.05) is 36.7 Å². The average molecular weight is 1440 g/mol. The fourth-order valence-corrected chi connectivity index (χ4v) is 15.0. The molecule has 3 aliphatic heterocycles. The summed E-state index contributed by atoms with van der Waals surface area (Å²) >= 11 is 1.53. The summed E-state index contributed by atoms with van der Waals surface area (Å²) in [6.07, 6.45) is 4.18. The smallest absolute Gasteiger partial charge is 0.446 e. The molecule has 3 saturated heterocycles. The number of phenolic OH excluding ortho intramolecular Hbond substituents is 1. The van der Waals surface area contributed by atoms with Crippen molar-refractivity contribution >= 4 is 69.5 Å². The molecular formula is C66H93N13O19S2. The van der Waals surface area contributed by atoms with E-state index < -0.39 is 156 Å². The Bertz CT molecular complexity index is 3530. The van der Waals surface area contributed by atoms with Gasteiger partial charge >= 0.3 is 10.4 Å². The van der Waals surface area contributed by atoms with Crippen LogP contribution >= 0.6 is 11.3 Å². The lowest BCUT2D eigenvalue weighted by Gasteiger charge is -2.34. The Morgan fingerprint density at radius 3 is 2.08 bits per heavy atom. The van der Waals surface area contributed by atoms with Gasteiger partial charge in [0.2, 0.25) is 47.8 Å². The molecule has 32 nitrogen and oxygen atoms in total. The molecule has 14 N–H and O–H groups in total. The molecule has 5 aliphatic rings. The number of nitrogens with one attached hydrogen (secondary N) is 6. The first-order valence-corrected chi connectivity index (χ1v) is 36.3. The van der Waals surface area contributed by atoms with Crippen molar-refractivity contribution in [1.29, 1.82) is 0 Å². The van der Waals surface area contributed by atoms with Crippen molar-refractivity contribution in [2.45, 2.75) is 195 Å². The fraction of sp³-hybridized carbons (Fsp3) is 0.621. The lowest BCUT2D eigenvalue weighted by atomic mass is 9.82. The summed E-state index contributed by atoms with van der Waals surface area (Å²) in [5.41, 5.74) is 2.70. The minimum atomic E-state index is -5.21. The van der Waals surface area contributed by atoms with Crippen LogP contribution in [0.15, 0.2) is 54.9 Å². The topological polar surface area (TPSA) is 467 Å². The minimum absolute atomic E-state index is 0.0318. The molecule has 2 saturated carbocycles. The highest BCUT2D eigenvalue weighted by Gasteiger charge is 2.46. The van der Waals surface area contributed by atoms with Crippen molar-refractivity contribution in [3.05, 3.63) is 65.4 Å². The number of ether oxygens (including phenoxy) is 1. The number of piperidine rings is 1. The van der Waals surface area contributed by atoms with Crippen LogP contribution in [0.2, 0.25) is 0 Å². The Morgan fingerprint density at radius 1 is 0.770 bits per heavy atom. The quantitative estimate of drug-likeness (QED) is 0.0220. The van der Waals surface area contributed by atoms with Crippen LogP contribution in [0.4, 0.5) is 5.95 Å². The fourth-order valence-electron chi connectivity index (χ4n) is 13.6.